The quantitative estimate of drug-likeness (QED) is 0.119. The van der Waals surface area contributed by atoms with Crippen molar-refractivity contribution in [3.05, 3.63) is 119 Å². The molecule has 2 bridgehead atoms. The molecule has 3 aromatic carbocycles. The summed E-state index contributed by atoms with van der Waals surface area (Å²) in [6.07, 6.45) is -12.1. The molecule has 2 unspecified atom stereocenters. The summed E-state index contributed by atoms with van der Waals surface area (Å²) in [7, 11) is 0. The van der Waals surface area contributed by atoms with Gasteiger partial charge in [0.15, 0.2) is 23.6 Å². The fourth-order valence-electron chi connectivity index (χ4n) is 10.7. The molecule has 7 rings (SSSR count). The number of esters is 4. The maximum absolute atomic E-state index is 16.1. The molecule has 3 N–H and O–H groups in total. The van der Waals surface area contributed by atoms with E-state index in [1.54, 1.807) is 113 Å². The first kappa shape index (κ1) is 50.4. The summed E-state index contributed by atoms with van der Waals surface area (Å²) in [6.45, 7) is 12.7. The number of Topliss-reactive ketones (excluding diaryl/α,β-unsaturated/α-hetero) is 1. The Morgan fingerprint density at radius 2 is 1.38 bits per heavy atom. The topological polar surface area (TPSA) is 237 Å². The Hall–Kier alpha value is -6.43. The van der Waals surface area contributed by atoms with Crippen LogP contribution in [0.3, 0.4) is 0 Å². The van der Waals surface area contributed by atoms with Gasteiger partial charge in [-0.3, -0.25) is 19.2 Å². The molecular weight excluding hydrogens is 895 g/mol. The number of ether oxygens (including phenoxy) is 7. The molecule has 0 aromatic heterocycles. The summed E-state index contributed by atoms with van der Waals surface area (Å²) in [5, 5.41) is 28.6. The molecule has 17 nitrogen and oxygen atoms in total. The summed E-state index contributed by atoms with van der Waals surface area (Å²) >= 11 is 0. The van der Waals surface area contributed by atoms with Crippen LogP contribution in [0.25, 0.3) is 0 Å². The average Bonchev–Trinajstić information content (AvgIpc) is 3.28. The number of ketones is 1. The van der Waals surface area contributed by atoms with Gasteiger partial charge in [-0.25, -0.2) is 14.4 Å². The largest absolute Gasteiger partial charge is 0.509 e. The van der Waals surface area contributed by atoms with E-state index < -0.39 is 124 Å². The lowest BCUT2D eigenvalue weighted by atomic mass is 9.44. The van der Waals surface area contributed by atoms with Crippen LogP contribution in [-0.2, 0) is 52.3 Å². The molecule has 3 aliphatic carbocycles. The van der Waals surface area contributed by atoms with E-state index in [1.807, 2.05) is 0 Å². The van der Waals surface area contributed by atoms with E-state index in [-0.39, 0.29) is 35.3 Å². The van der Waals surface area contributed by atoms with Crippen molar-refractivity contribution in [3.8, 4) is 0 Å². The van der Waals surface area contributed by atoms with Crippen LogP contribution in [-0.4, -0.2) is 112 Å². The summed E-state index contributed by atoms with van der Waals surface area (Å²) in [4.78, 5) is 98.9. The number of rotatable bonds is 11. The Labute approximate surface area is 399 Å². The zero-order valence-corrected chi connectivity index (χ0v) is 40.0. The van der Waals surface area contributed by atoms with Gasteiger partial charge < -0.3 is 48.7 Å². The molecule has 368 valence electrons. The van der Waals surface area contributed by atoms with Crippen molar-refractivity contribution in [2.45, 2.75) is 135 Å². The first-order valence-electron chi connectivity index (χ1n) is 22.8. The highest BCUT2D eigenvalue weighted by molar-refractivity contribution is 5.96. The van der Waals surface area contributed by atoms with Crippen LogP contribution in [0.1, 0.15) is 107 Å². The summed E-state index contributed by atoms with van der Waals surface area (Å²) in [6, 6.07) is 22.8. The van der Waals surface area contributed by atoms with Crippen molar-refractivity contribution < 1.29 is 76.9 Å². The van der Waals surface area contributed by atoms with Gasteiger partial charge in [0.25, 0.3) is 5.91 Å². The van der Waals surface area contributed by atoms with E-state index in [0.29, 0.717) is 5.56 Å². The van der Waals surface area contributed by atoms with Gasteiger partial charge in [-0.1, -0.05) is 80.6 Å². The summed E-state index contributed by atoms with van der Waals surface area (Å²) in [5.74, 6) is -7.16. The smallest absolute Gasteiger partial charge is 0.456 e. The van der Waals surface area contributed by atoms with Crippen LogP contribution in [0, 0.1) is 16.7 Å². The molecule has 0 radical (unpaired) electrons. The Balaban J connectivity index is 1.43. The van der Waals surface area contributed by atoms with Crippen molar-refractivity contribution in [1.82, 2.24) is 5.32 Å². The molecule has 3 aromatic rings. The van der Waals surface area contributed by atoms with Crippen LogP contribution in [0.2, 0.25) is 0 Å². The van der Waals surface area contributed by atoms with E-state index in [2.05, 4.69) is 5.32 Å². The standard InChI is InChI=1S/C52H59NO16/c1-28-34(65-46(60)39(56)38(31-19-13-10-14-20-31)53-44(58)32-21-15-11-16-22-32)26-52(62)43(67-45(59)33-23-17-12-18-24-33)41-50(9,42(57)40(64-29(2)54)37(28)49(52,7)8)35(66-47(61)69-48(4,5)6)25-36-51(41,27-63-36)68-30(3)55/h10-24,34-36,38-41,43,56,62H,25-27H2,1-9H3,(H,53,58)/t34-,35-,36+,38?,39+,40+,41?,43-,50+,51-,52+/m0/s1. The van der Waals surface area contributed by atoms with Crippen LogP contribution >= 0.6 is 0 Å². The summed E-state index contributed by atoms with van der Waals surface area (Å²) in [5.41, 5.74) is -8.62. The Morgan fingerprint density at radius 1 is 0.797 bits per heavy atom. The Kier molecular flexibility index (Phi) is 13.8. The first-order chi connectivity index (χ1) is 32.4. The number of carbonyl (C=O) groups excluding carboxylic acids is 7. The normalized spacial score (nSPS) is 29.9. The van der Waals surface area contributed by atoms with Crippen LogP contribution < -0.4 is 5.32 Å². The predicted molar refractivity (Wildman–Crippen MR) is 243 cm³/mol. The second-order valence-electron chi connectivity index (χ2n) is 19.9. The fourth-order valence-corrected chi connectivity index (χ4v) is 10.7. The van der Waals surface area contributed by atoms with Crippen molar-refractivity contribution in [1.29, 1.82) is 0 Å². The van der Waals surface area contributed by atoms with Gasteiger partial charge in [-0.2, -0.15) is 0 Å². The minimum atomic E-state index is -2.48. The molecule has 1 heterocycles. The third-order valence-corrected chi connectivity index (χ3v) is 14.1. The van der Waals surface area contributed by atoms with Crippen molar-refractivity contribution in [3.63, 3.8) is 0 Å². The average molecular weight is 954 g/mol. The molecule has 17 heteroatoms. The lowest BCUT2D eigenvalue weighted by Crippen LogP contribution is -2.82. The highest BCUT2D eigenvalue weighted by Crippen LogP contribution is 2.65. The highest BCUT2D eigenvalue weighted by Gasteiger charge is 2.79. The number of amides is 1. The summed E-state index contributed by atoms with van der Waals surface area (Å²) < 4.78 is 42.5. The lowest BCUT2D eigenvalue weighted by molar-refractivity contribution is -0.346. The number of carbonyl (C=O) groups is 7. The van der Waals surface area contributed by atoms with Gasteiger partial charge >= 0.3 is 30.0 Å². The number of aliphatic hydroxyl groups excluding tert-OH is 1. The van der Waals surface area contributed by atoms with E-state index in [9.17, 15) is 39.0 Å². The third kappa shape index (κ3) is 9.26. The number of hydrogen-bond acceptors (Lipinski definition) is 16. The number of fused-ring (bicyclic) bond motifs is 5. The number of aliphatic hydroxyl groups is 2. The maximum Gasteiger partial charge on any atom is 0.509 e. The molecule has 1 aliphatic heterocycles. The molecule has 0 spiro atoms. The van der Waals surface area contributed by atoms with Crippen molar-refractivity contribution in [2.75, 3.05) is 6.61 Å². The molecule has 1 amide bonds. The minimum absolute atomic E-state index is 0.0328. The number of nitrogens with one attached hydrogen (secondary N) is 1. The van der Waals surface area contributed by atoms with Gasteiger partial charge in [-0.05, 0) is 75.6 Å². The van der Waals surface area contributed by atoms with Crippen molar-refractivity contribution >= 4 is 41.7 Å². The molecule has 1 saturated heterocycles. The zero-order valence-electron chi connectivity index (χ0n) is 40.0. The van der Waals surface area contributed by atoms with Gasteiger partial charge in [0, 0.05) is 37.7 Å². The highest BCUT2D eigenvalue weighted by atomic mass is 16.7. The van der Waals surface area contributed by atoms with Gasteiger partial charge in [0.05, 0.1) is 29.5 Å². The second kappa shape index (κ2) is 18.8. The van der Waals surface area contributed by atoms with E-state index in [4.69, 9.17) is 33.2 Å². The van der Waals surface area contributed by atoms with Crippen LogP contribution in [0.15, 0.2) is 102 Å². The van der Waals surface area contributed by atoms with E-state index >= 15 is 4.79 Å². The lowest BCUT2D eigenvalue weighted by Gasteiger charge is -2.67. The molecular formula is C52H59NO16. The van der Waals surface area contributed by atoms with Crippen LogP contribution in [0.4, 0.5) is 4.79 Å². The van der Waals surface area contributed by atoms with E-state index in [1.165, 1.54) is 26.0 Å². The van der Waals surface area contributed by atoms with Crippen LogP contribution in [0.5, 0.6) is 0 Å². The number of hydrogen-bond donors (Lipinski definition) is 3. The maximum atomic E-state index is 16.1. The van der Waals surface area contributed by atoms with Gasteiger partial charge in [0.1, 0.15) is 35.6 Å². The van der Waals surface area contributed by atoms with E-state index in [0.717, 1.165) is 13.8 Å². The molecule has 4 aliphatic rings. The Bertz CT molecular complexity index is 2520. The minimum Gasteiger partial charge on any atom is -0.456 e. The molecule has 3 fully saturated rings. The first-order valence-corrected chi connectivity index (χ1v) is 22.8. The SMILES string of the molecule is CC(=O)O[C@H]1C(=O)[C@@]2(C)C([C@H](OC(=O)c3ccccc3)[C@]3(O)C[C@H](OC(=O)[C@H](O)C(NC(=O)c4ccccc4)c4ccccc4)C(C)=C1C3(C)C)[C@]1(OC(C)=O)CO[C@@H]1C[C@@H]2OC(=O)OC(C)(C)C. The number of benzene rings is 3. The van der Waals surface area contributed by atoms with Gasteiger partial charge in [-0.15, -0.1) is 0 Å². The second-order valence-corrected chi connectivity index (χ2v) is 19.9. The monoisotopic (exact) mass is 953 g/mol. The Morgan fingerprint density at radius 3 is 1.91 bits per heavy atom. The molecule has 69 heavy (non-hydrogen) atoms. The molecule has 11 atom stereocenters. The van der Waals surface area contributed by atoms with Crippen molar-refractivity contribution in [2.24, 2.45) is 16.7 Å². The van der Waals surface area contributed by atoms with Gasteiger partial charge in [0.2, 0.25) is 0 Å². The predicted octanol–water partition coefficient (Wildman–Crippen LogP) is 5.70. The molecule has 2 saturated carbocycles. The fraction of sp³-hybridized carbons (Fsp3) is 0.481. The zero-order chi connectivity index (χ0) is 50.4. The third-order valence-electron chi connectivity index (χ3n) is 14.1.